The van der Waals surface area contributed by atoms with Crippen LogP contribution in [0.2, 0.25) is 5.02 Å². The van der Waals surface area contributed by atoms with Crippen molar-refractivity contribution in [2.75, 3.05) is 20.1 Å². The summed E-state index contributed by atoms with van der Waals surface area (Å²) >= 11 is 6.06. The average molecular weight is 468 g/mol. The smallest absolute Gasteiger partial charge is 0.199 e. The average Bonchev–Trinajstić information content (AvgIpc) is 3.30. The third-order valence-electron chi connectivity index (χ3n) is 6.34. The Morgan fingerprint density at radius 1 is 1.21 bits per heavy atom. The van der Waals surface area contributed by atoms with Crippen LogP contribution in [0.25, 0.3) is 0 Å². The minimum absolute atomic E-state index is 0.0450. The number of hydrogen-bond acceptors (Lipinski definition) is 4. The number of nitrogens with one attached hydrogen (secondary N) is 1. The Balaban J connectivity index is 1.40. The molecule has 0 saturated carbocycles. The van der Waals surface area contributed by atoms with Gasteiger partial charge in [-0.1, -0.05) is 23.7 Å². The maximum atomic E-state index is 14.5. The summed E-state index contributed by atoms with van der Waals surface area (Å²) in [4.78, 5) is 35.3. The number of carbonyl (C=O) groups excluding carboxylic acids is 2. The molecule has 1 aliphatic rings. The molecule has 3 aromatic rings. The third-order valence-corrected chi connectivity index (χ3v) is 6.66. The van der Waals surface area contributed by atoms with Crippen LogP contribution in [-0.4, -0.2) is 46.6 Å². The number of rotatable bonds is 7. The number of nitrogens with zero attached hydrogens (tertiary/aromatic N) is 2. The molecular weight excluding hydrogens is 441 g/mol. The summed E-state index contributed by atoms with van der Waals surface area (Å²) in [6.45, 7) is 3.82. The molecule has 2 aromatic heterocycles. The molecule has 1 aromatic carbocycles. The maximum Gasteiger partial charge on any atom is 0.199 e. The van der Waals surface area contributed by atoms with Crippen LogP contribution in [0.1, 0.15) is 56.1 Å². The maximum absolute atomic E-state index is 14.5. The van der Waals surface area contributed by atoms with E-state index in [2.05, 4.69) is 21.9 Å². The number of ketones is 2. The second kappa shape index (κ2) is 9.98. The Hall–Kier alpha value is -2.83. The molecule has 172 valence electrons. The molecule has 0 bridgehead atoms. The van der Waals surface area contributed by atoms with E-state index in [1.54, 1.807) is 13.1 Å². The number of hydrogen-bond donors (Lipinski definition) is 1. The van der Waals surface area contributed by atoms with Crippen molar-refractivity contribution >= 4 is 23.2 Å². The molecular formula is C26H27ClFN3O2. The van der Waals surface area contributed by atoms with Gasteiger partial charge in [0.2, 0.25) is 0 Å². The van der Waals surface area contributed by atoms with Gasteiger partial charge in [0, 0.05) is 30.1 Å². The van der Waals surface area contributed by atoms with E-state index in [1.165, 1.54) is 37.2 Å². The minimum atomic E-state index is -0.645. The lowest BCUT2D eigenvalue weighted by molar-refractivity contribution is 0.0988. The van der Waals surface area contributed by atoms with Gasteiger partial charge in [-0.05, 0) is 81.6 Å². The highest BCUT2D eigenvalue weighted by atomic mass is 35.5. The standard InChI is InChI=1S/C26H27ClFN3O2/c1-16-3-6-21(27)24(25(16)28)26(33)19-13-22(30-15-19)23(32)12-18-4-5-20(29-14-18)11-17-7-9-31(2)10-8-17/h3-6,13-15,17,30H,7-12H2,1-2H3. The summed E-state index contributed by atoms with van der Waals surface area (Å²) in [5.74, 6) is -0.720. The number of H-pyrrole nitrogens is 1. The van der Waals surface area contributed by atoms with E-state index in [4.69, 9.17) is 11.6 Å². The van der Waals surface area contributed by atoms with Crippen LogP contribution < -0.4 is 0 Å². The zero-order chi connectivity index (χ0) is 23.5. The van der Waals surface area contributed by atoms with Gasteiger partial charge >= 0.3 is 0 Å². The Kier molecular flexibility index (Phi) is 7.05. The highest BCUT2D eigenvalue weighted by Gasteiger charge is 2.22. The third kappa shape index (κ3) is 5.40. The number of carbonyl (C=O) groups is 2. The monoisotopic (exact) mass is 467 g/mol. The van der Waals surface area contributed by atoms with E-state index in [-0.39, 0.29) is 34.0 Å². The molecule has 1 aliphatic heterocycles. The summed E-state index contributed by atoms with van der Waals surface area (Å²) in [7, 11) is 2.15. The first kappa shape index (κ1) is 23.3. The van der Waals surface area contributed by atoms with Crippen LogP contribution in [0.15, 0.2) is 42.7 Å². The molecule has 5 nitrogen and oxygen atoms in total. The lowest BCUT2D eigenvalue weighted by Gasteiger charge is -2.28. The first-order valence-electron chi connectivity index (χ1n) is 11.1. The van der Waals surface area contributed by atoms with Gasteiger partial charge in [0.25, 0.3) is 0 Å². The van der Waals surface area contributed by atoms with Gasteiger partial charge < -0.3 is 9.88 Å². The zero-order valence-electron chi connectivity index (χ0n) is 18.8. The topological polar surface area (TPSA) is 66.1 Å². The zero-order valence-corrected chi connectivity index (χ0v) is 19.6. The van der Waals surface area contributed by atoms with Gasteiger partial charge in [0.15, 0.2) is 11.6 Å². The minimum Gasteiger partial charge on any atom is -0.358 e. The number of piperidine rings is 1. The lowest BCUT2D eigenvalue weighted by atomic mass is 9.92. The fourth-order valence-electron chi connectivity index (χ4n) is 4.22. The van der Waals surface area contributed by atoms with Crippen LogP contribution in [0.5, 0.6) is 0 Å². The molecule has 3 heterocycles. The van der Waals surface area contributed by atoms with Gasteiger partial charge in [0.1, 0.15) is 5.82 Å². The number of aryl methyl sites for hydroxylation is 1. The van der Waals surface area contributed by atoms with Gasteiger partial charge in [-0.25, -0.2) is 4.39 Å². The van der Waals surface area contributed by atoms with Crippen molar-refractivity contribution in [3.63, 3.8) is 0 Å². The predicted octanol–water partition coefficient (Wildman–Crippen LogP) is 5.05. The van der Waals surface area contributed by atoms with Crippen molar-refractivity contribution in [1.82, 2.24) is 14.9 Å². The van der Waals surface area contributed by atoms with Crippen LogP contribution >= 0.6 is 11.6 Å². The number of aromatic amines is 1. The number of halogens is 2. The van der Waals surface area contributed by atoms with Gasteiger partial charge in [-0.3, -0.25) is 14.6 Å². The Labute approximate surface area is 198 Å². The first-order valence-corrected chi connectivity index (χ1v) is 11.5. The molecule has 0 radical (unpaired) electrons. The van der Waals surface area contributed by atoms with E-state index in [0.29, 0.717) is 11.5 Å². The molecule has 0 spiro atoms. The van der Waals surface area contributed by atoms with E-state index < -0.39 is 11.6 Å². The number of benzene rings is 1. The molecule has 1 fully saturated rings. The van der Waals surface area contributed by atoms with Crippen molar-refractivity contribution in [3.05, 3.63) is 87.2 Å². The highest BCUT2D eigenvalue weighted by molar-refractivity contribution is 6.35. The number of aromatic nitrogens is 2. The largest absolute Gasteiger partial charge is 0.358 e. The van der Waals surface area contributed by atoms with Gasteiger partial charge in [-0.2, -0.15) is 0 Å². The molecule has 33 heavy (non-hydrogen) atoms. The summed E-state index contributed by atoms with van der Waals surface area (Å²) in [5, 5.41) is 0.0450. The fraction of sp³-hybridized carbons (Fsp3) is 0.346. The molecule has 0 atom stereocenters. The van der Waals surface area contributed by atoms with Crippen molar-refractivity contribution in [1.29, 1.82) is 0 Å². The molecule has 0 aliphatic carbocycles. The molecule has 7 heteroatoms. The SMILES string of the molecule is Cc1ccc(Cl)c(C(=O)c2c[nH]c(C(=O)Cc3ccc(CC4CCN(C)CC4)nc3)c2)c1F. The molecule has 4 rings (SSSR count). The van der Waals surface area contributed by atoms with Crippen molar-refractivity contribution in [2.24, 2.45) is 5.92 Å². The second-order valence-corrected chi connectivity index (χ2v) is 9.30. The lowest BCUT2D eigenvalue weighted by Crippen LogP contribution is -2.31. The Bertz CT molecular complexity index is 1160. The summed E-state index contributed by atoms with van der Waals surface area (Å²) in [5.41, 5.74) is 2.49. The molecule has 0 unspecified atom stereocenters. The van der Waals surface area contributed by atoms with Crippen LogP contribution in [0, 0.1) is 18.7 Å². The van der Waals surface area contributed by atoms with E-state index in [1.807, 2.05) is 12.1 Å². The van der Waals surface area contributed by atoms with E-state index >= 15 is 0 Å². The van der Waals surface area contributed by atoms with Crippen LogP contribution in [0.3, 0.4) is 0 Å². The van der Waals surface area contributed by atoms with Gasteiger partial charge in [0.05, 0.1) is 16.3 Å². The van der Waals surface area contributed by atoms with E-state index in [0.717, 1.165) is 30.8 Å². The summed E-state index contributed by atoms with van der Waals surface area (Å²) in [6.07, 6.45) is 6.65. The molecule has 1 N–H and O–H groups in total. The van der Waals surface area contributed by atoms with Crippen molar-refractivity contribution in [2.45, 2.75) is 32.6 Å². The Morgan fingerprint density at radius 3 is 2.67 bits per heavy atom. The fourth-order valence-corrected chi connectivity index (χ4v) is 4.45. The number of likely N-dealkylation sites (tertiary alicyclic amines) is 1. The second-order valence-electron chi connectivity index (χ2n) is 8.89. The first-order chi connectivity index (χ1) is 15.8. The van der Waals surface area contributed by atoms with Gasteiger partial charge in [-0.15, -0.1) is 0 Å². The van der Waals surface area contributed by atoms with Crippen LogP contribution in [-0.2, 0) is 12.8 Å². The quantitative estimate of drug-likeness (QED) is 0.494. The Morgan fingerprint density at radius 2 is 1.97 bits per heavy atom. The highest BCUT2D eigenvalue weighted by Crippen LogP contribution is 2.25. The number of Topliss-reactive ketones (excluding diaryl/α,β-unsaturated/α-hetero) is 1. The summed E-state index contributed by atoms with van der Waals surface area (Å²) < 4.78 is 14.5. The predicted molar refractivity (Wildman–Crippen MR) is 127 cm³/mol. The normalized spacial score (nSPS) is 15.0. The van der Waals surface area contributed by atoms with Crippen LogP contribution in [0.4, 0.5) is 4.39 Å². The van der Waals surface area contributed by atoms with Crippen molar-refractivity contribution < 1.29 is 14.0 Å². The summed E-state index contributed by atoms with van der Waals surface area (Å²) in [6, 6.07) is 8.40. The molecule has 1 saturated heterocycles. The van der Waals surface area contributed by atoms with E-state index in [9.17, 15) is 14.0 Å². The van der Waals surface area contributed by atoms with Crippen molar-refractivity contribution in [3.8, 4) is 0 Å². The molecule has 0 amide bonds. The number of pyridine rings is 1.